The molecule has 1 aromatic carbocycles. The number of carbonyl (C=O) groups excluding carboxylic acids is 1. The molecule has 0 bridgehead atoms. The summed E-state index contributed by atoms with van der Waals surface area (Å²) >= 11 is 0. The number of likely N-dealkylation sites (N-methyl/N-ethyl adjacent to an activating group) is 1. The minimum Gasteiger partial charge on any atom is -0.361 e. The zero-order valence-electron chi connectivity index (χ0n) is 15.7. The molecule has 4 rings (SSSR count). The molecule has 0 N–H and O–H groups in total. The number of para-hydroxylation sites is 1. The number of benzene rings is 1. The van der Waals surface area contributed by atoms with Crippen molar-refractivity contribution in [3.63, 3.8) is 0 Å². The third kappa shape index (κ3) is 3.27. The van der Waals surface area contributed by atoms with Crippen LogP contribution < -0.4 is 5.43 Å². The van der Waals surface area contributed by atoms with Crippen molar-refractivity contribution in [1.29, 1.82) is 0 Å². The molecule has 2 aromatic heterocycles. The van der Waals surface area contributed by atoms with E-state index in [9.17, 15) is 9.59 Å². The number of carbonyl (C=O) groups is 1. The average molecular weight is 365 g/mol. The molecule has 3 aromatic rings. The smallest absolute Gasteiger partial charge is 0.242 e. The molecule has 6 nitrogen and oxygen atoms in total. The largest absolute Gasteiger partial charge is 0.361 e. The van der Waals surface area contributed by atoms with Crippen LogP contribution in [0.1, 0.15) is 35.6 Å². The van der Waals surface area contributed by atoms with Crippen molar-refractivity contribution in [2.24, 2.45) is 0 Å². The molecule has 2 heterocycles. The number of aromatic nitrogens is 2. The van der Waals surface area contributed by atoms with Crippen LogP contribution in [-0.4, -0.2) is 27.6 Å². The molecule has 140 valence electrons. The van der Waals surface area contributed by atoms with E-state index in [2.05, 4.69) is 5.16 Å². The number of hydrogen-bond acceptors (Lipinski definition) is 4. The van der Waals surface area contributed by atoms with E-state index >= 15 is 0 Å². The second-order valence-corrected chi connectivity index (χ2v) is 7.24. The minimum atomic E-state index is -0.0283. The minimum absolute atomic E-state index is 0.0191. The summed E-state index contributed by atoms with van der Waals surface area (Å²) < 4.78 is 7.34. The average Bonchev–Trinajstić information content (AvgIpc) is 3.08. The second-order valence-electron chi connectivity index (χ2n) is 7.24. The van der Waals surface area contributed by atoms with Crippen molar-refractivity contribution in [3.05, 3.63) is 63.3 Å². The zero-order valence-corrected chi connectivity index (χ0v) is 15.7. The number of pyridine rings is 1. The maximum atomic E-state index is 12.9. The van der Waals surface area contributed by atoms with E-state index in [-0.39, 0.29) is 17.9 Å². The molecular formula is C21H23N3O3. The van der Waals surface area contributed by atoms with Gasteiger partial charge in [-0.05, 0) is 38.3 Å². The molecule has 1 aliphatic rings. The van der Waals surface area contributed by atoms with Crippen LogP contribution in [0.2, 0.25) is 0 Å². The number of nitrogens with zero attached hydrogens (tertiary/aromatic N) is 3. The first-order valence-electron chi connectivity index (χ1n) is 9.34. The number of amides is 1. The summed E-state index contributed by atoms with van der Waals surface area (Å²) in [6, 6.07) is 8.98. The Hall–Kier alpha value is -2.89. The first kappa shape index (κ1) is 17.5. The Labute approximate surface area is 157 Å². The molecule has 0 spiro atoms. The van der Waals surface area contributed by atoms with Crippen LogP contribution in [-0.2, 0) is 30.7 Å². The zero-order chi connectivity index (χ0) is 19.0. The fraction of sp³-hybridized carbons (Fsp3) is 0.381. The summed E-state index contributed by atoms with van der Waals surface area (Å²) in [4.78, 5) is 26.7. The molecule has 0 radical (unpaired) electrons. The summed E-state index contributed by atoms with van der Waals surface area (Å²) in [5.41, 5.74) is 3.57. The van der Waals surface area contributed by atoms with Crippen LogP contribution >= 0.6 is 0 Å². The summed E-state index contributed by atoms with van der Waals surface area (Å²) in [5.74, 6) is 0.943. The van der Waals surface area contributed by atoms with Gasteiger partial charge in [0.15, 0.2) is 5.43 Å². The monoisotopic (exact) mass is 365 g/mol. The fourth-order valence-electron chi connectivity index (χ4n) is 3.80. The van der Waals surface area contributed by atoms with Gasteiger partial charge >= 0.3 is 0 Å². The molecule has 0 saturated carbocycles. The Balaban J connectivity index is 1.57. The van der Waals surface area contributed by atoms with E-state index in [4.69, 9.17) is 4.52 Å². The van der Waals surface area contributed by atoms with Gasteiger partial charge in [0.2, 0.25) is 5.91 Å². The summed E-state index contributed by atoms with van der Waals surface area (Å²) in [7, 11) is 1.78. The van der Waals surface area contributed by atoms with Gasteiger partial charge in [0.25, 0.3) is 0 Å². The molecule has 0 aliphatic heterocycles. The maximum absolute atomic E-state index is 12.9. The molecule has 0 unspecified atom stereocenters. The van der Waals surface area contributed by atoms with Gasteiger partial charge in [-0.1, -0.05) is 17.3 Å². The van der Waals surface area contributed by atoms with Crippen molar-refractivity contribution in [3.8, 4) is 0 Å². The lowest BCUT2D eigenvalue weighted by molar-refractivity contribution is -0.131. The molecule has 6 heteroatoms. The topological polar surface area (TPSA) is 68.3 Å². The van der Waals surface area contributed by atoms with E-state index in [0.29, 0.717) is 11.9 Å². The van der Waals surface area contributed by atoms with Crippen LogP contribution in [0.4, 0.5) is 0 Å². The maximum Gasteiger partial charge on any atom is 0.242 e. The number of aryl methyl sites for hydroxylation is 2. The SMILES string of the molecule is Cc1cc(=O)c2ccccc2n1CC(=O)N(C)Cc1noc2c1CCCC2. The predicted molar refractivity (Wildman–Crippen MR) is 103 cm³/mol. The van der Waals surface area contributed by atoms with Crippen LogP contribution in [0.15, 0.2) is 39.6 Å². The van der Waals surface area contributed by atoms with Gasteiger partial charge in [0, 0.05) is 36.2 Å². The molecule has 27 heavy (non-hydrogen) atoms. The van der Waals surface area contributed by atoms with Crippen LogP contribution in [0, 0.1) is 6.92 Å². The highest BCUT2D eigenvalue weighted by molar-refractivity contribution is 5.82. The summed E-state index contributed by atoms with van der Waals surface area (Å²) in [6.45, 7) is 2.48. The van der Waals surface area contributed by atoms with E-state index in [0.717, 1.165) is 48.3 Å². The van der Waals surface area contributed by atoms with Crippen LogP contribution in [0.3, 0.4) is 0 Å². The lowest BCUT2D eigenvalue weighted by Gasteiger charge is -2.20. The molecule has 1 aliphatic carbocycles. The second kappa shape index (κ2) is 7.02. The van der Waals surface area contributed by atoms with Gasteiger partial charge in [-0.3, -0.25) is 9.59 Å². The van der Waals surface area contributed by atoms with Gasteiger partial charge in [-0.15, -0.1) is 0 Å². The first-order valence-corrected chi connectivity index (χ1v) is 9.34. The van der Waals surface area contributed by atoms with E-state index in [1.807, 2.05) is 29.7 Å². The highest BCUT2D eigenvalue weighted by atomic mass is 16.5. The van der Waals surface area contributed by atoms with Crippen molar-refractivity contribution >= 4 is 16.8 Å². The van der Waals surface area contributed by atoms with Gasteiger partial charge in [-0.2, -0.15) is 0 Å². The van der Waals surface area contributed by atoms with Gasteiger partial charge in [0.1, 0.15) is 18.0 Å². The number of rotatable bonds is 4. The predicted octanol–water partition coefficient (Wildman–Crippen LogP) is 2.84. The Morgan fingerprint density at radius 3 is 2.89 bits per heavy atom. The Morgan fingerprint density at radius 2 is 2.04 bits per heavy atom. The van der Waals surface area contributed by atoms with E-state index in [1.165, 1.54) is 5.56 Å². The molecule has 0 saturated heterocycles. The molecule has 0 fully saturated rings. The number of hydrogen-bond donors (Lipinski definition) is 0. The normalized spacial score (nSPS) is 13.6. The van der Waals surface area contributed by atoms with E-state index in [1.54, 1.807) is 24.1 Å². The molecular weight excluding hydrogens is 342 g/mol. The van der Waals surface area contributed by atoms with Crippen molar-refractivity contribution in [2.45, 2.75) is 45.7 Å². The van der Waals surface area contributed by atoms with Gasteiger partial charge < -0.3 is 14.0 Å². The summed E-state index contributed by atoms with van der Waals surface area (Å²) in [6.07, 6.45) is 4.18. The lowest BCUT2D eigenvalue weighted by atomic mass is 9.96. The van der Waals surface area contributed by atoms with Crippen molar-refractivity contribution in [2.75, 3.05) is 7.05 Å². The number of fused-ring (bicyclic) bond motifs is 2. The van der Waals surface area contributed by atoms with E-state index < -0.39 is 0 Å². The highest BCUT2D eigenvalue weighted by Crippen LogP contribution is 2.25. The Morgan fingerprint density at radius 1 is 1.26 bits per heavy atom. The van der Waals surface area contributed by atoms with Crippen molar-refractivity contribution < 1.29 is 9.32 Å². The Kier molecular flexibility index (Phi) is 4.56. The van der Waals surface area contributed by atoms with Crippen LogP contribution in [0.25, 0.3) is 10.9 Å². The first-order chi connectivity index (χ1) is 13.0. The van der Waals surface area contributed by atoms with Gasteiger partial charge in [0.05, 0.1) is 12.1 Å². The fourth-order valence-corrected chi connectivity index (χ4v) is 3.80. The van der Waals surface area contributed by atoms with Gasteiger partial charge in [-0.25, -0.2) is 0 Å². The lowest BCUT2D eigenvalue weighted by Crippen LogP contribution is -2.31. The molecule has 0 atom stereocenters. The summed E-state index contributed by atoms with van der Waals surface area (Å²) in [5, 5.41) is 4.82. The quantitative estimate of drug-likeness (QED) is 0.713. The molecule has 1 amide bonds. The van der Waals surface area contributed by atoms with Crippen molar-refractivity contribution in [1.82, 2.24) is 14.6 Å². The Bertz CT molecular complexity index is 1060. The third-order valence-corrected chi connectivity index (χ3v) is 5.36. The standard InChI is InChI=1S/C21H23N3O3/c1-14-11-19(25)16-8-3-5-9-18(16)24(14)13-21(26)23(2)12-17-15-7-4-6-10-20(15)27-22-17/h3,5,8-9,11H,4,6-7,10,12-13H2,1-2H3. The highest BCUT2D eigenvalue weighted by Gasteiger charge is 2.22. The van der Waals surface area contributed by atoms with Crippen LogP contribution in [0.5, 0.6) is 0 Å². The third-order valence-electron chi connectivity index (χ3n) is 5.36.